The van der Waals surface area contributed by atoms with Gasteiger partial charge in [0.15, 0.2) is 0 Å². The summed E-state index contributed by atoms with van der Waals surface area (Å²) in [5.41, 5.74) is -1.70. The normalized spacial score (nSPS) is 37.8. The van der Waals surface area contributed by atoms with E-state index in [2.05, 4.69) is 0 Å². The van der Waals surface area contributed by atoms with Crippen LogP contribution in [0.25, 0.3) is 0 Å². The number of ether oxygens (including phenoxy) is 1. The first-order valence-electron chi connectivity index (χ1n) is 6.63. The molecule has 96 valence electrons. The van der Waals surface area contributed by atoms with E-state index in [1.807, 2.05) is 12.2 Å². The van der Waals surface area contributed by atoms with Crippen LogP contribution in [0.2, 0.25) is 0 Å². The molecule has 2 aliphatic rings. The smallest absolute Gasteiger partial charge is 0.315 e. The van der Waals surface area contributed by atoms with Gasteiger partial charge in [-0.15, -0.1) is 0 Å². The molecule has 0 aromatic rings. The van der Waals surface area contributed by atoms with Gasteiger partial charge >= 0.3 is 5.97 Å². The molecule has 17 heavy (non-hydrogen) atoms. The zero-order valence-corrected chi connectivity index (χ0v) is 10.6. The number of allylic oxidation sites excluding steroid dienone is 1. The molecule has 2 rings (SSSR count). The van der Waals surface area contributed by atoms with Crippen LogP contribution in [0.3, 0.4) is 0 Å². The minimum absolute atomic E-state index is 0.228. The fourth-order valence-electron chi connectivity index (χ4n) is 3.41. The standard InChI is InChI=1S/C14H22O3/c1-17-12(15)13-8-4-2-6-10-14(13,16)11-7-3-5-9-13/h6,10,16H,2-5,7-9,11H2,1H3. The van der Waals surface area contributed by atoms with Crippen LogP contribution >= 0.6 is 0 Å². The second kappa shape index (κ2) is 4.81. The Morgan fingerprint density at radius 1 is 1.18 bits per heavy atom. The lowest BCUT2D eigenvalue weighted by molar-refractivity contribution is -0.169. The molecule has 2 atom stereocenters. The van der Waals surface area contributed by atoms with Crippen molar-refractivity contribution in [2.45, 2.75) is 57.0 Å². The number of carbonyl (C=O) groups excluding carboxylic acids is 1. The van der Waals surface area contributed by atoms with E-state index in [1.54, 1.807) is 0 Å². The molecule has 1 saturated carbocycles. The van der Waals surface area contributed by atoms with Crippen LogP contribution in [0.15, 0.2) is 12.2 Å². The lowest BCUT2D eigenvalue weighted by Gasteiger charge is -2.41. The monoisotopic (exact) mass is 238 g/mol. The fourth-order valence-corrected chi connectivity index (χ4v) is 3.41. The maximum absolute atomic E-state index is 12.2. The van der Waals surface area contributed by atoms with Gasteiger partial charge in [-0.1, -0.05) is 31.4 Å². The predicted octanol–water partition coefficient (Wildman–Crippen LogP) is 2.58. The Balaban J connectivity index is 2.43. The average Bonchev–Trinajstić information content (AvgIpc) is 2.58. The molecular formula is C14H22O3. The van der Waals surface area contributed by atoms with Crippen LogP contribution in [0.5, 0.6) is 0 Å². The molecule has 3 heteroatoms. The molecule has 1 fully saturated rings. The Kier molecular flexibility index (Phi) is 3.57. The first-order chi connectivity index (χ1) is 8.15. The number of hydrogen-bond donors (Lipinski definition) is 1. The number of rotatable bonds is 1. The van der Waals surface area contributed by atoms with E-state index in [-0.39, 0.29) is 5.97 Å². The summed E-state index contributed by atoms with van der Waals surface area (Å²) in [6.07, 6.45) is 11.0. The number of esters is 1. The lowest BCUT2D eigenvalue weighted by atomic mass is 9.66. The summed E-state index contributed by atoms with van der Waals surface area (Å²) in [4.78, 5) is 12.2. The Labute approximate surface area is 103 Å². The van der Waals surface area contributed by atoms with Gasteiger partial charge in [0.2, 0.25) is 0 Å². The van der Waals surface area contributed by atoms with Crippen molar-refractivity contribution >= 4 is 5.97 Å². The highest BCUT2D eigenvalue weighted by atomic mass is 16.5. The van der Waals surface area contributed by atoms with Gasteiger partial charge in [0.05, 0.1) is 12.7 Å². The molecule has 0 aromatic carbocycles. The van der Waals surface area contributed by atoms with Crippen LogP contribution in [0, 0.1) is 5.41 Å². The minimum atomic E-state index is -0.993. The molecule has 1 N–H and O–H groups in total. The van der Waals surface area contributed by atoms with E-state index in [4.69, 9.17) is 4.74 Å². The second-order valence-electron chi connectivity index (χ2n) is 5.35. The highest BCUT2D eigenvalue weighted by Crippen LogP contribution is 2.49. The number of methoxy groups -OCH3 is 1. The van der Waals surface area contributed by atoms with Gasteiger partial charge in [-0.3, -0.25) is 4.79 Å². The third-order valence-corrected chi connectivity index (χ3v) is 4.43. The maximum Gasteiger partial charge on any atom is 0.315 e. The Bertz CT molecular complexity index is 323. The van der Waals surface area contributed by atoms with Crippen molar-refractivity contribution in [1.82, 2.24) is 0 Å². The van der Waals surface area contributed by atoms with Crippen molar-refractivity contribution in [1.29, 1.82) is 0 Å². The number of hydrogen-bond acceptors (Lipinski definition) is 3. The fraction of sp³-hybridized carbons (Fsp3) is 0.786. The molecule has 0 saturated heterocycles. The molecule has 0 heterocycles. The molecule has 0 amide bonds. The lowest BCUT2D eigenvalue weighted by Crippen LogP contribution is -2.51. The molecule has 0 aromatic heterocycles. The summed E-state index contributed by atoms with van der Waals surface area (Å²) in [5, 5.41) is 10.9. The zero-order valence-electron chi connectivity index (χ0n) is 10.6. The van der Waals surface area contributed by atoms with Crippen LogP contribution in [-0.4, -0.2) is 23.8 Å². The summed E-state index contributed by atoms with van der Waals surface area (Å²) < 4.78 is 4.99. The van der Waals surface area contributed by atoms with E-state index < -0.39 is 11.0 Å². The van der Waals surface area contributed by atoms with Crippen molar-refractivity contribution < 1.29 is 14.6 Å². The van der Waals surface area contributed by atoms with E-state index in [0.717, 1.165) is 44.9 Å². The topological polar surface area (TPSA) is 46.5 Å². The molecule has 0 aliphatic heterocycles. The summed E-state index contributed by atoms with van der Waals surface area (Å²) in [5.74, 6) is -0.228. The Morgan fingerprint density at radius 3 is 2.65 bits per heavy atom. The Hall–Kier alpha value is -0.830. The SMILES string of the molecule is COC(=O)C12CCCC=CC1(O)CCCCC2. The molecule has 0 radical (unpaired) electrons. The molecule has 0 spiro atoms. The molecular weight excluding hydrogens is 216 g/mol. The van der Waals surface area contributed by atoms with Crippen molar-refractivity contribution in [2.24, 2.45) is 5.41 Å². The van der Waals surface area contributed by atoms with Crippen molar-refractivity contribution in [2.75, 3.05) is 7.11 Å². The highest BCUT2D eigenvalue weighted by Gasteiger charge is 2.55. The Morgan fingerprint density at radius 2 is 1.88 bits per heavy atom. The summed E-state index contributed by atoms with van der Waals surface area (Å²) >= 11 is 0. The van der Waals surface area contributed by atoms with Crippen molar-refractivity contribution in [3.05, 3.63) is 12.2 Å². The molecule has 2 aliphatic carbocycles. The van der Waals surface area contributed by atoms with E-state index in [9.17, 15) is 9.90 Å². The average molecular weight is 238 g/mol. The van der Waals surface area contributed by atoms with Gasteiger partial charge in [-0.25, -0.2) is 0 Å². The van der Waals surface area contributed by atoms with Crippen LogP contribution in [0.4, 0.5) is 0 Å². The zero-order chi connectivity index (χ0) is 12.4. The van der Waals surface area contributed by atoms with Crippen LogP contribution in [-0.2, 0) is 9.53 Å². The number of aliphatic hydroxyl groups is 1. The predicted molar refractivity (Wildman–Crippen MR) is 65.5 cm³/mol. The first kappa shape index (κ1) is 12.6. The molecule has 2 unspecified atom stereocenters. The van der Waals surface area contributed by atoms with Gasteiger partial charge in [0.25, 0.3) is 0 Å². The van der Waals surface area contributed by atoms with E-state index in [1.165, 1.54) is 7.11 Å². The van der Waals surface area contributed by atoms with Gasteiger partial charge < -0.3 is 9.84 Å². The molecule has 3 nitrogen and oxygen atoms in total. The van der Waals surface area contributed by atoms with E-state index >= 15 is 0 Å². The quantitative estimate of drug-likeness (QED) is 0.564. The van der Waals surface area contributed by atoms with Gasteiger partial charge in [-0.2, -0.15) is 0 Å². The third-order valence-electron chi connectivity index (χ3n) is 4.43. The van der Waals surface area contributed by atoms with Gasteiger partial charge in [0, 0.05) is 0 Å². The largest absolute Gasteiger partial charge is 0.468 e. The minimum Gasteiger partial charge on any atom is -0.468 e. The van der Waals surface area contributed by atoms with Crippen LogP contribution < -0.4 is 0 Å². The summed E-state index contributed by atoms with van der Waals surface area (Å²) in [6, 6.07) is 0. The second-order valence-corrected chi connectivity index (χ2v) is 5.35. The first-order valence-corrected chi connectivity index (χ1v) is 6.63. The highest BCUT2D eigenvalue weighted by molar-refractivity contribution is 5.79. The summed E-state index contributed by atoms with van der Waals surface area (Å²) in [7, 11) is 1.43. The van der Waals surface area contributed by atoms with Crippen LogP contribution in [0.1, 0.15) is 51.4 Å². The van der Waals surface area contributed by atoms with Gasteiger partial charge in [0.1, 0.15) is 5.41 Å². The van der Waals surface area contributed by atoms with Crippen molar-refractivity contribution in [3.63, 3.8) is 0 Å². The number of fused-ring (bicyclic) bond motifs is 1. The third kappa shape index (κ3) is 2.01. The summed E-state index contributed by atoms with van der Waals surface area (Å²) in [6.45, 7) is 0. The maximum atomic E-state index is 12.2. The van der Waals surface area contributed by atoms with Crippen molar-refractivity contribution in [3.8, 4) is 0 Å². The molecule has 0 bridgehead atoms. The number of carbonyl (C=O) groups is 1. The van der Waals surface area contributed by atoms with E-state index in [0.29, 0.717) is 6.42 Å². The van der Waals surface area contributed by atoms with Gasteiger partial charge in [-0.05, 0) is 32.1 Å².